The first-order valence-corrected chi connectivity index (χ1v) is 12.7. The number of para-hydroxylation sites is 1. The molecule has 0 saturated carbocycles. The zero-order valence-corrected chi connectivity index (χ0v) is 22.3. The molecule has 3 aromatic carbocycles. The molecule has 0 bridgehead atoms. The third-order valence-corrected chi connectivity index (χ3v) is 6.51. The van der Waals surface area contributed by atoms with Crippen molar-refractivity contribution in [1.82, 2.24) is 24.5 Å². The average molecular weight is 566 g/mol. The van der Waals surface area contributed by atoms with Crippen LogP contribution in [0.15, 0.2) is 65.2 Å². The Morgan fingerprint density at radius 3 is 2.48 bits per heavy atom. The Morgan fingerprint density at radius 2 is 1.77 bits per heavy atom. The minimum absolute atomic E-state index is 0.300. The molecule has 0 saturated heterocycles. The van der Waals surface area contributed by atoms with E-state index in [1.807, 2.05) is 44.2 Å². The fourth-order valence-electron chi connectivity index (χ4n) is 4.29. The van der Waals surface area contributed by atoms with Crippen LogP contribution in [-0.4, -0.2) is 38.4 Å². The molecule has 0 unspecified atom stereocenters. The smallest absolute Gasteiger partial charge is 0.406 e. The van der Waals surface area contributed by atoms with Gasteiger partial charge in [-0.3, -0.25) is 9.40 Å². The molecule has 13 heteroatoms. The van der Waals surface area contributed by atoms with Crippen molar-refractivity contribution in [3.05, 3.63) is 77.7 Å². The molecule has 5 aromatic rings. The Labute approximate surface area is 230 Å². The van der Waals surface area contributed by atoms with E-state index >= 15 is 0 Å². The molecule has 2 amide bonds. The number of amides is 2. The Morgan fingerprint density at radius 1 is 1.05 bits per heavy atom. The minimum atomic E-state index is -4.76. The number of fused-ring (bicyclic) bond motifs is 3. The van der Waals surface area contributed by atoms with Gasteiger partial charge in [-0.15, -0.1) is 13.2 Å². The van der Waals surface area contributed by atoms with Crippen LogP contribution in [0.1, 0.15) is 17.0 Å². The third-order valence-electron chi connectivity index (χ3n) is 6.02. The fourth-order valence-corrected chi connectivity index (χ4v) is 4.62. The van der Waals surface area contributed by atoms with Crippen molar-refractivity contribution in [1.29, 1.82) is 0 Å². The number of anilines is 1. The maximum Gasteiger partial charge on any atom is 0.573 e. The highest BCUT2D eigenvalue weighted by molar-refractivity contribution is 7.96. The van der Waals surface area contributed by atoms with Gasteiger partial charge in [0.15, 0.2) is 5.82 Å². The molecule has 204 valence electrons. The van der Waals surface area contributed by atoms with Crippen LogP contribution in [0.2, 0.25) is 0 Å². The topological polar surface area (TPSA) is 106 Å². The van der Waals surface area contributed by atoms with Gasteiger partial charge in [0.2, 0.25) is 0 Å². The van der Waals surface area contributed by atoms with Crippen LogP contribution in [0.3, 0.4) is 0 Å². The minimum Gasteiger partial charge on any atom is -0.406 e. The number of hydrogen-bond acceptors (Lipinski definition) is 7. The number of ether oxygens (including phenoxy) is 1. The van der Waals surface area contributed by atoms with Crippen molar-refractivity contribution < 1.29 is 22.7 Å². The number of aryl methyl sites for hydroxylation is 3. The van der Waals surface area contributed by atoms with Crippen molar-refractivity contribution in [3.8, 4) is 17.0 Å². The zero-order chi connectivity index (χ0) is 28.4. The highest BCUT2D eigenvalue weighted by Gasteiger charge is 2.31. The summed E-state index contributed by atoms with van der Waals surface area (Å²) >= 11 is 0.842. The highest BCUT2D eigenvalue weighted by Crippen LogP contribution is 2.33. The number of halogens is 3. The number of carbonyl (C=O) groups excluding carboxylic acids is 1. The maximum absolute atomic E-state index is 12.5. The molecule has 0 spiro atoms. The molecule has 40 heavy (non-hydrogen) atoms. The molecular weight excluding hydrogens is 543 g/mol. The van der Waals surface area contributed by atoms with E-state index in [-0.39, 0.29) is 5.75 Å². The molecular formula is C27H22F3N7O2S. The molecule has 0 fully saturated rings. The molecule has 2 N–H and O–H groups in total. The van der Waals surface area contributed by atoms with Gasteiger partial charge in [-0.2, -0.15) is 9.50 Å². The molecule has 0 aliphatic carbocycles. The third kappa shape index (κ3) is 5.83. The predicted molar refractivity (Wildman–Crippen MR) is 149 cm³/mol. The van der Waals surface area contributed by atoms with E-state index in [1.165, 1.54) is 18.3 Å². The maximum atomic E-state index is 12.5. The number of alkyl halides is 3. The van der Waals surface area contributed by atoms with Gasteiger partial charge < -0.3 is 10.1 Å². The zero-order valence-electron chi connectivity index (χ0n) is 21.4. The number of benzene rings is 3. The summed E-state index contributed by atoms with van der Waals surface area (Å²) in [7, 11) is 1.75. The van der Waals surface area contributed by atoms with Gasteiger partial charge in [-0.25, -0.2) is 14.8 Å². The second kappa shape index (κ2) is 10.8. The van der Waals surface area contributed by atoms with Crippen LogP contribution in [0.4, 0.5) is 23.7 Å². The van der Waals surface area contributed by atoms with Gasteiger partial charge in [0.05, 0.1) is 29.6 Å². The van der Waals surface area contributed by atoms with E-state index in [2.05, 4.69) is 34.2 Å². The summed E-state index contributed by atoms with van der Waals surface area (Å²) in [6, 6.07) is 14.6. The monoisotopic (exact) mass is 565 g/mol. The summed E-state index contributed by atoms with van der Waals surface area (Å²) in [5.74, 6) is 0.0406. The summed E-state index contributed by atoms with van der Waals surface area (Å²) in [5.41, 5.74) is 5.34. The van der Waals surface area contributed by atoms with Crippen LogP contribution in [0.5, 0.6) is 5.75 Å². The van der Waals surface area contributed by atoms with Gasteiger partial charge in [0, 0.05) is 35.3 Å². The molecule has 9 nitrogen and oxygen atoms in total. The number of nitrogens with zero attached hydrogens (tertiary/aromatic N) is 5. The van der Waals surface area contributed by atoms with E-state index in [0.717, 1.165) is 40.0 Å². The number of hydrogen-bond donors (Lipinski definition) is 2. The predicted octanol–water partition coefficient (Wildman–Crippen LogP) is 6.50. The first kappa shape index (κ1) is 26.9. The van der Waals surface area contributed by atoms with Crippen molar-refractivity contribution in [3.63, 3.8) is 0 Å². The van der Waals surface area contributed by atoms with E-state index in [4.69, 9.17) is 0 Å². The second-order valence-corrected chi connectivity index (χ2v) is 9.41. The van der Waals surface area contributed by atoms with Crippen LogP contribution < -0.4 is 14.8 Å². The Hall–Kier alpha value is -4.65. The van der Waals surface area contributed by atoms with Gasteiger partial charge in [-0.05, 0) is 61.4 Å². The number of carbonyl (C=O) groups is 1. The number of rotatable bonds is 6. The van der Waals surface area contributed by atoms with E-state index in [0.29, 0.717) is 27.8 Å². The Kier molecular flexibility index (Phi) is 7.30. The molecule has 2 heterocycles. The number of nitrogens with one attached hydrogen (secondary N) is 2. The second-order valence-electron chi connectivity index (χ2n) is 8.82. The van der Waals surface area contributed by atoms with E-state index in [9.17, 15) is 18.0 Å². The molecule has 0 aliphatic heterocycles. The lowest BCUT2D eigenvalue weighted by atomic mass is 10.1. The Balaban J connectivity index is 1.30. The molecule has 0 aliphatic rings. The van der Waals surface area contributed by atoms with Crippen LogP contribution >= 0.6 is 12.1 Å². The van der Waals surface area contributed by atoms with Gasteiger partial charge in [-0.1, -0.05) is 18.2 Å². The summed E-state index contributed by atoms with van der Waals surface area (Å²) in [6.07, 6.45) is -1.69. The van der Waals surface area contributed by atoms with Crippen LogP contribution in [-0.2, 0) is 7.05 Å². The lowest BCUT2D eigenvalue weighted by Crippen LogP contribution is -2.23. The highest BCUT2D eigenvalue weighted by atomic mass is 32.2. The lowest BCUT2D eigenvalue weighted by molar-refractivity contribution is -0.274. The molecule has 0 atom stereocenters. The first-order chi connectivity index (χ1) is 19.1. The number of urea groups is 1. The van der Waals surface area contributed by atoms with Crippen LogP contribution in [0.25, 0.3) is 33.1 Å². The summed E-state index contributed by atoms with van der Waals surface area (Å²) < 4.78 is 49.8. The summed E-state index contributed by atoms with van der Waals surface area (Å²) in [4.78, 5) is 21.1. The van der Waals surface area contributed by atoms with Gasteiger partial charge >= 0.3 is 12.4 Å². The van der Waals surface area contributed by atoms with Crippen molar-refractivity contribution in [2.45, 2.75) is 20.2 Å². The van der Waals surface area contributed by atoms with Crippen molar-refractivity contribution in [2.75, 3.05) is 5.32 Å². The van der Waals surface area contributed by atoms with E-state index in [1.54, 1.807) is 30.1 Å². The number of aromatic nitrogens is 4. The van der Waals surface area contributed by atoms with E-state index < -0.39 is 12.4 Å². The molecule has 2 aromatic heterocycles. The largest absolute Gasteiger partial charge is 0.573 e. The Bertz CT molecular complexity index is 1730. The summed E-state index contributed by atoms with van der Waals surface area (Å²) in [6.45, 7) is 3.83. The SMILES string of the molecule is Cc1cccc(C)c1NC(=O)NS/N=C/c1ncc2c(ccc3c(-c4ccc(OC(F)(F)F)cc4)n(C)nc32)n1. The fraction of sp³-hybridized carbons (Fsp3) is 0.148. The quantitative estimate of drug-likeness (QED) is 0.180. The van der Waals surface area contributed by atoms with Crippen LogP contribution in [0, 0.1) is 13.8 Å². The van der Waals surface area contributed by atoms with Crippen molar-refractivity contribution >= 4 is 51.9 Å². The standard InChI is InChI=1S/C27H22F3N7O2S/c1-15-5-4-6-16(2)23(15)34-26(38)36-40-32-14-22-31-13-20-21(33-22)12-11-19-24(20)35-37(3)25(19)17-7-9-18(10-8-17)39-27(28,29)30/h4-14H,1-3H3,(H2,34,36,38)/b32-14+. The van der Waals surface area contributed by atoms with Gasteiger partial charge in [0.1, 0.15) is 11.3 Å². The normalized spacial score (nSPS) is 11.8. The molecule has 5 rings (SSSR count). The summed E-state index contributed by atoms with van der Waals surface area (Å²) in [5, 5.41) is 8.91. The van der Waals surface area contributed by atoms with Gasteiger partial charge in [0.25, 0.3) is 0 Å². The van der Waals surface area contributed by atoms with Crippen molar-refractivity contribution in [2.24, 2.45) is 11.4 Å². The lowest BCUT2D eigenvalue weighted by Gasteiger charge is -2.10. The first-order valence-electron chi connectivity index (χ1n) is 11.9. The molecule has 0 radical (unpaired) electrons. The average Bonchev–Trinajstić information content (AvgIpc) is 3.24.